The van der Waals surface area contributed by atoms with Crippen molar-refractivity contribution in [2.24, 2.45) is 0 Å². The van der Waals surface area contributed by atoms with Crippen LogP contribution >= 0.6 is 0 Å². The van der Waals surface area contributed by atoms with Gasteiger partial charge in [-0.2, -0.15) is 5.10 Å². The molecule has 4 rings (SSSR count). The van der Waals surface area contributed by atoms with Gasteiger partial charge in [0.25, 0.3) is 5.91 Å². The van der Waals surface area contributed by atoms with Crippen molar-refractivity contribution in [3.8, 4) is 0 Å². The Kier molecular flexibility index (Phi) is 4.51. The van der Waals surface area contributed by atoms with Gasteiger partial charge in [0.05, 0.1) is 17.8 Å². The van der Waals surface area contributed by atoms with Gasteiger partial charge in [0.2, 0.25) is 0 Å². The molecular weight excluding hydrogens is 326 g/mol. The number of piperazine rings is 1. The van der Waals surface area contributed by atoms with Crippen LogP contribution in [0.3, 0.4) is 0 Å². The summed E-state index contributed by atoms with van der Waals surface area (Å²) < 4.78 is 2.07. The standard InChI is InChI=1S/C20H25N5O/c1-15-13-16(2)25(22-15)12-9-23-7-10-24(11-8-23)20(26)18-14-21-19-6-4-3-5-17(18)19/h3-6,13-14,21H,7-12H2,1-2H3. The lowest BCUT2D eigenvalue weighted by Gasteiger charge is -2.34. The zero-order valence-corrected chi connectivity index (χ0v) is 15.4. The molecule has 1 saturated heterocycles. The third kappa shape index (κ3) is 3.24. The molecule has 2 aromatic heterocycles. The minimum absolute atomic E-state index is 0.126. The molecule has 0 unspecified atom stereocenters. The van der Waals surface area contributed by atoms with E-state index >= 15 is 0 Å². The van der Waals surface area contributed by atoms with Crippen LogP contribution in [0.25, 0.3) is 10.9 Å². The molecule has 136 valence electrons. The number of amides is 1. The highest BCUT2D eigenvalue weighted by Gasteiger charge is 2.23. The Morgan fingerprint density at radius 1 is 1.12 bits per heavy atom. The second-order valence-electron chi connectivity index (χ2n) is 7.03. The Morgan fingerprint density at radius 3 is 2.62 bits per heavy atom. The molecule has 3 aromatic rings. The lowest BCUT2D eigenvalue weighted by Crippen LogP contribution is -2.49. The summed E-state index contributed by atoms with van der Waals surface area (Å²) in [4.78, 5) is 20.5. The summed E-state index contributed by atoms with van der Waals surface area (Å²) in [6.45, 7) is 9.36. The van der Waals surface area contributed by atoms with Gasteiger partial charge < -0.3 is 9.88 Å². The summed E-state index contributed by atoms with van der Waals surface area (Å²) >= 11 is 0. The summed E-state index contributed by atoms with van der Waals surface area (Å²) in [5, 5.41) is 5.53. The summed E-state index contributed by atoms with van der Waals surface area (Å²) in [6, 6.07) is 10.1. The summed E-state index contributed by atoms with van der Waals surface area (Å²) in [7, 11) is 0. The molecule has 6 heteroatoms. The number of nitrogens with zero attached hydrogens (tertiary/aromatic N) is 4. The van der Waals surface area contributed by atoms with Gasteiger partial charge in [-0.3, -0.25) is 14.4 Å². The maximum atomic E-state index is 12.9. The maximum absolute atomic E-state index is 12.9. The molecule has 26 heavy (non-hydrogen) atoms. The van der Waals surface area contributed by atoms with Crippen LogP contribution in [0.2, 0.25) is 0 Å². The quantitative estimate of drug-likeness (QED) is 0.785. The number of H-pyrrole nitrogens is 1. The van der Waals surface area contributed by atoms with E-state index in [0.29, 0.717) is 0 Å². The maximum Gasteiger partial charge on any atom is 0.256 e. The van der Waals surface area contributed by atoms with E-state index < -0.39 is 0 Å². The molecule has 3 heterocycles. The minimum atomic E-state index is 0.126. The fourth-order valence-corrected chi connectivity index (χ4v) is 3.73. The van der Waals surface area contributed by atoms with Crippen molar-refractivity contribution in [3.05, 3.63) is 53.5 Å². The zero-order chi connectivity index (χ0) is 18.1. The number of nitrogens with one attached hydrogen (secondary N) is 1. The number of hydrogen-bond donors (Lipinski definition) is 1. The number of fused-ring (bicyclic) bond motifs is 1. The van der Waals surface area contributed by atoms with E-state index in [1.807, 2.05) is 42.3 Å². The van der Waals surface area contributed by atoms with Gasteiger partial charge in [-0.1, -0.05) is 18.2 Å². The number of aromatic nitrogens is 3. The molecule has 1 aliphatic rings. The van der Waals surface area contributed by atoms with Crippen molar-refractivity contribution in [1.29, 1.82) is 0 Å². The molecular formula is C20H25N5O. The van der Waals surface area contributed by atoms with Crippen LogP contribution in [-0.2, 0) is 6.54 Å². The third-order valence-corrected chi connectivity index (χ3v) is 5.21. The largest absolute Gasteiger partial charge is 0.360 e. The number of aromatic amines is 1. The first-order valence-electron chi connectivity index (χ1n) is 9.20. The molecule has 0 radical (unpaired) electrons. The van der Waals surface area contributed by atoms with Gasteiger partial charge in [-0.25, -0.2) is 0 Å². The van der Waals surface area contributed by atoms with Crippen LogP contribution in [0, 0.1) is 13.8 Å². The Balaban J connectivity index is 1.34. The Hall–Kier alpha value is -2.60. The summed E-state index contributed by atoms with van der Waals surface area (Å²) in [5.74, 6) is 0.126. The van der Waals surface area contributed by atoms with Gasteiger partial charge in [0.1, 0.15) is 0 Å². The predicted octanol–water partition coefficient (Wildman–Crippen LogP) is 2.44. The van der Waals surface area contributed by atoms with Gasteiger partial charge in [0, 0.05) is 55.5 Å². The highest BCUT2D eigenvalue weighted by atomic mass is 16.2. The van der Waals surface area contributed by atoms with Crippen LogP contribution in [0.5, 0.6) is 0 Å². The predicted molar refractivity (Wildman–Crippen MR) is 102 cm³/mol. The Labute approximate surface area is 153 Å². The molecule has 1 amide bonds. The molecule has 1 fully saturated rings. The van der Waals surface area contributed by atoms with E-state index in [0.717, 1.165) is 61.4 Å². The Morgan fingerprint density at radius 2 is 1.88 bits per heavy atom. The molecule has 6 nitrogen and oxygen atoms in total. The summed E-state index contributed by atoms with van der Waals surface area (Å²) in [6.07, 6.45) is 1.84. The van der Waals surface area contributed by atoms with Crippen LogP contribution in [0.15, 0.2) is 36.5 Å². The fourth-order valence-electron chi connectivity index (χ4n) is 3.73. The highest BCUT2D eigenvalue weighted by Crippen LogP contribution is 2.20. The lowest BCUT2D eigenvalue weighted by atomic mass is 10.1. The van der Waals surface area contributed by atoms with Gasteiger partial charge in [0.15, 0.2) is 0 Å². The van der Waals surface area contributed by atoms with E-state index in [1.54, 1.807) is 0 Å². The van der Waals surface area contributed by atoms with Crippen molar-refractivity contribution in [3.63, 3.8) is 0 Å². The molecule has 0 aliphatic carbocycles. The number of aryl methyl sites for hydroxylation is 2. The molecule has 0 bridgehead atoms. The number of carbonyl (C=O) groups excluding carboxylic acids is 1. The number of benzene rings is 1. The van der Waals surface area contributed by atoms with Crippen molar-refractivity contribution < 1.29 is 4.79 Å². The molecule has 0 atom stereocenters. The van der Waals surface area contributed by atoms with E-state index in [-0.39, 0.29) is 5.91 Å². The lowest BCUT2D eigenvalue weighted by molar-refractivity contribution is 0.0633. The van der Waals surface area contributed by atoms with Crippen molar-refractivity contribution in [2.45, 2.75) is 20.4 Å². The normalized spacial score (nSPS) is 15.7. The van der Waals surface area contributed by atoms with E-state index in [2.05, 4.69) is 32.7 Å². The molecule has 0 spiro atoms. The zero-order valence-electron chi connectivity index (χ0n) is 15.4. The van der Waals surface area contributed by atoms with Crippen molar-refractivity contribution >= 4 is 16.8 Å². The molecule has 1 aliphatic heterocycles. The molecule has 1 aromatic carbocycles. The smallest absolute Gasteiger partial charge is 0.256 e. The van der Waals surface area contributed by atoms with Crippen molar-refractivity contribution in [2.75, 3.05) is 32.7 Å². The number of carbonyl (C=O) groups is 1. The van der Waals surface area contributed by atoms with Gasteiger partial charge >= 0.3 is 0 Å². The fraction of sp³-hybridized carbons (Fsp3) is 0.400. The van der Waals surface area contributed by atoms with Gasteiger partial charge in [-0.15, -0.1) is 0 Å². The molecule has 1 N–H and O–H groups in total. The second-order valence-corrected chi connectivity index (χ2v) is 7.03. The topological polar surface area (TPSA) is 57.2 Å². The van der Waals surface area contributed by atoms with Crippen LogP contribution in [-0.4, -0.2) is 63.2 Å². The average molecular weight is 351 g/mol. The highest BCUT2D eigenvalue weighted by molar-refractivity contribution is 6.06. The van der Waals surface area contributed by atoms with Crippen LogP contribution < -0.4 is 0 Å². The number of para-hydroxylation sites is 1. The monoisotopic (exact) mass is 351 g/mol. The first kappa shape index (κ1) is 16.8. The minimum Gasteiger partial charge on any atom is -0.360 e. The molecule has 0 saturated carbocycles. The Bertz CT molecular complexity index is 917. The SMILES string of the molecule is Cc1cc(C)n(CCN2CCN(C(=O)c3c[nH]c4ccccc34)CC2)n1. The second kappa shape index (κ2) is 6.96. The van der Waals surface area contributed by atoms with E-state index in [1.165, 1.54) is 5.69 Å². The van der Waals surface area contributed by atoms with Gasteiger partial charge in [-0.05, 0) is 26.0 Å². The first-order valence-corrected chi connectivity index (χ1v) is 9.20. The van der Waals surface area contributed by atoms with Crippen LogP contribution in [0.1, 0.15) is 21.7 Å². The number of hydrogen-bond acceptors (Lipinski definition) is 3. The van der Waals surface area contributed by atoms with E-state index in [4.69, 9.17) is 0 Å². The van der Waals surface area contributed by atoms with Crippen molar-refractivity contribution in [1.82, 2.24) is 24.6 Å². The number of rotatable bonds is 4. The average Bonchev–Trinajstić information content (AvgIpc) is 3.22. The summed E-state index contributed by atoms with van der Waals surface area (Å²) in [5.41, 5.74) is 4.06. The van der Waals surface area contributed by atoms with Crippen LogP contribution in [0.4, 0.5) is 0 Å². The van der Waals surface area contributed by atoms with E-state index in [9.17, 15) is 4.79 Å². The first-order chi connectivity index (χ1) is 12.6. The third-order valence-electron chi connectivity index (χ3n) is 5.21.